The number of ether oxygens (including phenoxy) is 2. The van der Waals surface area contributed by atoms with Crippen LogP contribution >= 0.6 is 0 Å². The molecule has 0 unspecified atom stereocenters. The van der Waals surface area contributed by atoms with E-state index in [0.717, 1.165) is 12.5 Å². The van der Waals surface area contributed by atoms with Crippen molar-refractivity contribution < 1.29 is 44.6 Å². The predicted molar refractivity (Wildman–Crippen MR) is 101 cm³/mol. The molecular formula is C20H26O9. The van der Waals surface area contributed by atoms with Crippen LogP contribution in [0.1, 0.15) is 38.2 Å². The number of aromatic hydroxyl groups is 2. The highest BCUT2D eigenvalue weighted by molar-refractivity contribution is 5.87. The quantitative estimate of drug-likeness (QED) is 0.188. The molecule has 29 heavy (non-hydrogen) atoms. The Hall–Kier alpha value is -2.62. The van der Waals surface area contributed by atoms with Crippen LogP contribution in [-0.4, -0.2) is 68.0 Å². The van der Waals surface area contributed by atoms with E-state index in [1.54, 1.807) is 0 Å². The number of hydrogen-bond donors (Lipinski definition) is 5. The molecule has 2 rings (SSSR count). The lowest BCUT2D eigenvalue weighted by molar-refractivity contribution is -0.200. The highest BCUT2D eigenvalue weighted by Gasteiger charge is 2.51. The topological polar surface area (TPSA) is 154 Å². The molecular weight excluding hydrogens is 384 g/mol. The van der Waals surface area contributed by atoms with Crippen LogP contribution in [0.2, 0.25) is 0 Å². The number of hydrogen-bond acceptors (Lipinski definition) is 9. The summed E-state index contributed by atoms with van der Waals surface area (Å²) in [5.41, 5.74) is -1.68. The molecule has 0 heterocycles. The standard InChI is InChI=1S/C20H26O9/c1-2-3-8-28-19(26)20(27)10-15(23)18(25)16(11-20)29-17(24)7-5-12-4-6-13(21)14(22)9-12/h4-7,9,15-16,18,21-23,25,27H,2-3,8,10-11H2,1H3/t15-,16-,18+,20+/m1/s1. The van der Waals surface area contributed by atoms with Crippen LogP contribution < -0.4 is 0 Å². The maximum Gasteiger partial charge on any atom is 0.338 e. The van der Waals surface area contributed by atoms with Crippen LogP contribution in [-0.2, 0) is 19.1 Å². The van der Waals surface area contributed by atoms with Gasteiger partial charge in [0.2, 0.25) is 0 Å². The van der Waals surface area contributed by atoms with Crippen molar-refractivity contribution in [2.75, 3.05) is 6.61 Å². The molecule has 1 saturated carbocycles. The number of carbonyl (C=O) groups is 2. The zero-order valence-electron chi connectivity index (χ0n) is 16.0. The van der Waals surface area contributed by atoms with Crippen molar-refractivity contribution in [3.05, 3.63) is 29.8 Å². The average molecular weight is 410 g/mol. The molecule has 1 aliphatic rings. The SMILES string of the molecule is CCCCOC(=O)[C@]1(O)C[C@@H](O)[C@H](O)[C@H](OC(=O)C=Cc2ccc(O)c(O)c2)C1. The number of aliphatic hydroxyl groups excluding tert-OH is 2. The van der Waals surface area contributed by atoms with Gasteiger partial charge in [0.25, 0.3) is 0 Å². The maximum absolute atomic E-state index is 12.2. The smallest absolute Gasteiger partial charge is 0.338 e. The second-order valence-electron chi connectivity index (χ2n) is 7.04. The molecule has 0 aliphatic heterocycles. The number of phenols is 2. The molecule has 5 N–H and O–H groups in total. The maximum atomic E-state index is 12.2. The number of benzene rings is 1. The Labute approximate surface area is 167 Å². The largest absolute Gasteiger partial charge is 0.504 e. The first-order valence-electron chi connectivity index (χ1n) is 9.32. The lowest BCUT2D eigenvalue weighted by atomic mass is 9.79. The molecule has 0 spiro atoms. The minimum absolute atomic E-state index is 0.114. The van der Waals surface area contributed by atoms with Gasteiger partial charge in [0.1, 0.15) is 12.2 Å². The van der Waals surface area contributed by atoms with E-state index in [-0.39, 0.29) is 18.1 Å². The Morgan fingerprint density at radius 1 is 1.21 bits per heavy atom. The van der Waals surface area contributed by atoms with Gasteiger partial charge in [0.15, 0.2) is 17.1 Å². The molecule has 0 aromatic heterocycles. The Bertz CT molecular complexity index is 760. The van der Waals surface area contributed by atoms with Gasteiger partial charge in [-0.3, -0.25) is 0 Å². The molecule has 9 heteroatoms. The van der Waals surface area contributed by atoms with E-state index in [9.17, 15) is 35.1 Å². The van der Waals surface area contributed by atoms with Gasteiger partial charge in [0.05, 0.1) is 12.7 Å². The number of phenolic OH excluding ortho intramolecular Hbond substituents is 2. The van der Waals surface area contributed by atoms with E-state index in [0.29, 0.717) is 12.0 Å². The van der Waals surface area contributed by atoms with E-state index in [4.69, 9.17) is 9.47 Å². The van der Waals surface area contributed by atoms with E-state index < -0.39 is 48.7 Å². The van der Waals surface area contributed by atoms with Crippen LogP contribution in [0.3, 0.4) is 0 Å². The van der Waals surface area contributed by atoms with Gasteiger partial charge in [-0.05, 0) is 30.2 Å². The van der Waals surface area contributed by atoms with Crippen molar-refractivity contribution in [2.45, 2.75) is 56.5 Å². The minimum Gasteiger partial charge on any atom is -0.504 e. The van der Waals surface area contributed by atoms with Crippen molar-refractivity contribution in [1.29, 1.82) is 0 Å². The van der Waals surface area contributed by atoms with Gasteiger partial charge in [0, 0.05) is 18.9 Å². The van der Waals surface area contributed by atoms with Crippen LogP contribution in [0.4, 0.5) is 0 Å². The van der Waals surface area contributed by atoms with Gasteiger partial charge >= 0.3 is 11.9 Å². The Kier molecular flexibility index (Phi) is 7.60. The first-order chi connectivity index (χ1) is 13.7. The van der Waals surface area contributed by atoms with Crippen LogP contribution in [0.15, 0.2) is 24.3 Å². The van der Waals surface area contributed by atoms with Crippen molar-refractivity contribution in [3.8, 4) is 11.5 Å². The molecule has 9 nitrogen and oxygen atoms in total. The van der Waals surface area contributed by atoms with Gasteiger partial charge < -0.3 is 35.0 Å². The second-order valence-corrected chi connectivity index (χ2v) is 7.04. The molecule has 1 fully saturated rings. The molecule has 0 radical (unpaired) electrons. The summed E-state index contributed by atoms with van der Waals surface area (Å²) in [6.45, 7) is 2.02. The summed E-state index contributed by atoms with van der Waals surface area (Å²) in [5.74, 6) is -2.50. The number of aliphatic hydroxyl groups is 3. The molecule has 160 valence electrons. The zero-order valence-corrected chi connectivity index (χ0v) is 16.0. The van der Waals surface area contributed by atoms with E-state index in [1.807, 2.05) is 6.92 Å². The first kappa shape index (κ1) is 22.7. The Balaban J connectivity index is 2.03. The minimum atomic E-state index is -2.08. The molecule has 0 saturated heterocycles. The van der Waals surface area contributed by atoms with E-state index in [1.165, 1.54) is 24.3 Å². The fourth-order valence-corrected chi connectivity index (χ4v) is 2.97. The van der Waals surface area contributed by atoms with Crippen LogP contribution in [0.25, 0.3) is 6.08 Å². The number of carbonyl (C=O) groups excluding carboxylic acids is 2. The second kappa shape index (κ2) is 9.73. The average Bonchev–Trinajstić information content (AvgIpc) is 2.67. The van der Waals surface area contributed by atoms with Crippen molar-refractivity contribution in [1.82, 2.24) is 0 Å². The Morgan fingerprint density at radius 3 is 2.59 bits per heavy atom. The van der Waals surface area contributed by atoms with Crippen LogP contribution in [0, 0.1) is 0 Å². The third-order valence-electron chi connectivity index (χ3n) is 4.65. The normalized spacial score (nSPS) is 27.0. The van der Waals surface area contributed by atoms with E-state index >= 15 is 0 Å². The molecule has 4 atom stereocenters. The number of esters is 2. The molecule has 1 aliphatic carbocycles. The molecule has 0 amide bonds. The fourth-order valence-electron chi connectivity index (χ4n) is 2.97. The van der Waals surface area contributed by atoms with Gasteiger partial charge in [-0.2, -0.15) is 0 Å². The Morgan fingerprint density at radius 2 is 1.93 bits per heavy atom. The first-order valence-corrected chi connectivity index (χ1v) is 9.32. The summed E-state index contributed by atoms with van der Waals surface area (Å²) in [6, 6.07) is 3.92. The summed E-state index contributed by atoms with van der Waals surface area (Å²) in [4.78, 5) is 24.3. The number of unbranched alkanes of at least 4 members (excludes halogenated alkanes) is 1. The highest BCUT2D eigenvalue weighted by Crippen LogP contribution is 2.32. The molecule has 1 aromatic rings. The van der Waals surface area contributed by atoms with Gasteiger partial charge in [-0.15, -0.1) is 0 Å². The fraction of sp³-hybridized carbons (Fsp3) is 0.500. The predicted octanol–water partition coefficient (Wildman–Crippen LogP) is 0.613. The van der Waals surface area contributed by atoms with Crippen molar-refractivity contribution in [2.24, 2.45) is 0 Å². The van der Waals surface area contributed by atoms with Gasteiger partial charge in [-0.1, -0.05) is 19.4 Å². The highest BCUT2D eigenvalue weighted by atomic mass is 16.6. The summed E-state index contributed by atoms with van der Waals surface area (Å²) < 4.78 is 10.1. The molecule has 0 bridgehead atoms. The summed E-state index contributed by atoms with van der Waals surface area (Å²) in [7, 11) is 0. The van der Waals surface area contributed by atoms with Gasteiger partial charge in [-0.25, -0.2) is 9.59 Å². The van der Waals surface area contributed by atoms with Crippen molar-refractivity contribution >= 4 is 18.0 Å². The van der Waals surface area contributed by atoms with Crippen molar-refractivity contribution in [3.63, 3.8) is 0 Å². The third-order valence-corrected chi connectivity index (χ3v) is 4.65. The van der Waals surface area contributed by atoms with Crippen LogP contribution in [0.5, 0.6) is 11.5 Å². The molecule has 1 aromatic carbocycles. The lowest BCUT2D eigenvalue weighted by Gasteiger charge is -2.39. The van der Waals surface area contributed by atoms with E-state index in [2.05, 4.69) is 0 Å². The summed E-state index contributed by atoms with van der Waals surface area (Å²) in [6.07, 6.45) is -1.42. The zero-order chi connectivity index (χ0) is 21.6. The summed E-state index contributed by atoms with van der Waals surface area (Å²) >= 11 is 0. The summed E-state index contributed by atoms with van der Waals surface area (Å²) in [5, 5.41) is 49.4. The lowest BCUT2D eigenvalue weighted by Crippen LogP contribution is -2.57. The number of rotatable bonds is 7. The third kappa shape index (κ3) is 5.93. The monoisotopic (exact) mass is 410 g/mol.